The summed E-state index contributed by atoms with van der Waals surface area (Å²) in [5.74, 6) is 0.0416. The molecule has 0 aromatic heterocycles. The number of likely N-dealkylation sites (N-methyl/N-ethyl adjacent to an activating group) is 1. The normalized spacial score (nSPS) is 10.3. The summed E-state index contributed by atoms with van der Waals surface area (Å²) in [6.07, 6.45) is 0.838. The van der Waals surface area contributed by atoms with Gasteiger partial charge in [0, 0.05) is 13.2 Å². The number of hydrogen-bond donors (Lipinski definition) is 2. The molecule has 1 aromatic rings. The van der Waals surface area contributed by atoms with E-state index in [-0.39, 0.29) is 5.91 Å². The van der Waals surface area contributed by atoms with Gasteiger partial charge in [-0.2, -0.15) is 0 Å². The number of hydrogen-bond acceptors (Lipinski definition) is 3. The molecule has 0 unspecified atom stereocenters. The van der Waals surface area contributed by atoms with E-state index < -0.39 is 0 Å². The second-order valence-corrected chi connectivity index (χ2v) is 4.02. The number of benzene rings is 1. The summed E-state index contributed by atoms with van der Waals surface area (Å²) < 4.78 is 5.52. The molecule has 0 atom stereocenters. The number of ether oxygens (including phenoxy) is 1. The fourth-order valence-corrected chi connectivity index (χ4v) is 1.47. The van der Waals surface area contributed by atoms with Gasteiger partial charge in [-0.3, -0.25) is 4.79 Å². The van der Waals surface area contributed by atoms with Crippen molar-refractivity contribution in [2.45, 2.75) is 20.0 Å². The number of nitrogens with one attached hydrogen (secondary N) is 2. The third-order valence-corrected chi connectivity index (χ3v) is 2.43. The van der Waals surface area contributed by atoms with Gasteiger partial charge in [-0.15, -0.1) is 0 Å². The van der Waals surface area contributed by atoms with E-state index in [2.05, 4.69) is 10.6 Å². The van der Waals surface area contributed by atoms with Gasteiger partial charge in [-0.25, -0.2) is 0 Å². The Kier molecular flexibility index (Phi) is 7.84. The monoisotopic (exact) mass is 250 g/mol. The van der Waals surface area contributed by atoms with Crippen LogP contribution in [0.15, 0.2) is 30.3 Å². The zero-order valence-electron chi connectivity index (χ0n) is 10.9. The molecule has 0 aliphatic carbocycles. The van der Waals surface area contributed by atoms with Crippen LogP contribution in [0.5, 0.6) is 0 Å². The van der Waals surface area contributed by atoms with Crippen LogP contribution < -0.4 is 10.6 Å². The molecule has 18 heavy (non-hydrogen) atoms. The predicted molar refractivity (Wildman–Crippen MR) is 72.3 cm³/mol. The average Bonchev–Trinajstić information content (AvgIpc) is 2.41. The molecule has 2 N–H and O–H groups in total. The lowest BCUT2D eigenvalue weighted by atomic mass is 10.2. The van der Waals surface area contributed by atoms with E-state index in [1.807, 2.05) is 37.3 Å². The Balaban J connectivity index is 1.94. The zero-order chi connectivity index (χ0) is 13.1. The molecular formula is C14H22N2O2. The van der Waals surface area contributed by atoms with Crippen LogP contribution in [0.2, 0.25) is 0 Å². The van der Waals surface area contributed by atoms with Gasteiger partial charge in [-0.05, 0) is 18.5 Å². The number of carbonyl (C=O) groups is 1. The third-order valence-electron chi connectivity index (χ3n) is 2.43. The van der Waals surface area contributed by atoms with Crippen LogP contribution in [-0.4, -0.2) is 32.1 Å². The highest BCUT2D eigenvalue weighted by atomic mass is 16.5. The van der Waals surface area contributed by atoms with Crippen LogP contribution in [0.4, 0.5) is 0 Å². The molecule has 0 radical (unpaired) electrons. The van der Waals surface area contributed by atoms with Crippen molar-refractivity contribution in [2.75, 3.05) is 26.2 Å². The largest absolute Gasteiger partial charge is 0.377 e. The van der Waals surface area contributed by atoms with Crippen molar-refractivity contribution in [1.82, 2.24) is 10.6 Å². The first-order chi connectivity index (χ1) is 8.83. The first-order valence-electron chi connectivity index (χ1n) is 6.42. The third kappa shape index (κ3) is 7.04. The van der Waals surface area contributed by atoms with E-state index >= 15 is 0 Å². The molecule has 1 amide bonds. The Hall–Kier alpha value is -1.39. The Labute approximate surface area is 109 Å². The molecule has 0 aliphatic rings. The molecule has 100 valence electrons. The van der Waals surface area contributed by atoms with E-state index in [1.165, 1.54) is 5.56 Å². The minimum atomic E-state index is 0.0416. The van der Waals surface area contributed by atoms with Gasteiger partial charge in [0.05, 0.1) is 13.2 Å². The summed E-state index contributed by atoms with van der Waals surface area (Å²) in [7, 11) is 0. The minimum absolute atomic E-state index is 0.0416. The lowest BCUT2D eigenvalue weighted by Crippen LogP contribution is -2.34. The highest BCUT2D eigenvalue weighted by molar-refractivity contribution is 5.77. The molecule has 0 saturated heterocycles. The SMILES string of the molecule is CCNCC(=O)NCCCOCc1ccccc1. The van der Waals surface area contributed by atoms with Crippen LogP contribution >= 0.6 is 0 Å². The molecule has 4 nitrogen and oxygen atoms in total. The summed E-state index contributed by atoms with van der Waals surface area (Å²) in [6.45, 7) is 5.14. The maximum Gasteiger partial charge on any atom is 0.233 e. The van der Waals surface area contributed by atoms with Crippen LogP contribution in [0.1, 0.15) is 18.9 Å². The van der Waals surface area contributed by atoms with Gasteiger partial charge in [0.15, 0.2) is 0 Å². The first kappa shape index (κ1) is 14.7. The molecule has 0 saturated carbocycles. The van der Waals surface area contributed by atoms with E-state index in [0.29, 0.717) is 26.3 Å². The Morgan fingerprint density at radius 1 is 1.28 bits per heavy atom. The van der Waals surface area contributed by atoms with E-state index in [9.17, 15) is 4.79 Å². The fraction of sp³-hybridized carbons (Fsp3) is 0.500. The Morgan fingerprint density at radius 2 is 2.06 bits per heavy atom. The molecule has 1 rings (SSSR count). The van der Waals surface area contributed by atoms with Gasteiger partial charge >= 0.3 is 0 Å². The molecule has 0 heterocycles. The molecule has 0 fully saturated rings. The summed E-state index contributed by atoms with van der Waals surface area (Å²) in [6, 6.07) is 10.1. The second-order valence-electron chi connectivity index (χ2n) is 4.02. The second kappa shape index (κ2) is 9.62. The van der Waals surface area contributed by atoms with Gasteiger partial charge in [0.1, 0.15) is 0 Å². The Bertz CT molecular complexity index is 328. The van der Waals surface area contributed by atoms with Gasteiger partial charge < -0.3 is 15.4 Å². The van der Waals surface area contributed by atoms with E-state index in [1.54, 1.807) is 0 Å². The highest BCUT2D eigenvalue weighted by Gasteiger charge is 1.98. The van der Waals surface area contributed by atoms with Crippen LogP contribution in [0.3, 0.4) is 0 Å². The van der Waals surface area contributed by atoms with Gasteiger partial charge in [-0.1, -0.05) is 37.3 Å². The van der Waals surface area contributed by atoms with Crippen molar-refractivity contribution in [2.24, 2.45) is 0 Å². The van der Waals surface area contributed by atoms with Crippen LogP contribution in [-0.2, 0) is 16.1 Å². The molecule has 0 spiro atoms. The highest BCUT2D eigenvalue weighted by Crippen LogP contribution is 2.00. The predicted octanol–water partition coefficient (Wildman–Crippen LogP) is 1.32. The van der Waals surface area contributed by atoms with Crippen molar-refractivity contribution >= 4 is 5.91 Å². The maximum atomic E-state index is 11.2. The fourth-order valence-electron chi connectivity index (χ4n) is 1.47. The zero-order valence-corrected chi connectivity index (χ0v) is 10.9. The standard InChI is InChI=1S/C14H22N2O2/c1-2-15-11-14(17)16-9-6-10-18-12-13-7-4-3-5-8-13/h3-5,7-8,15H,2,6,9-12H2,1H3,(H,16,17). The van der Waals surface area contributed by atoms with Crippen molar-refractivity contribution in [3.05, 3.63) is 35.9 Å². The summed E-state index contributed by atoms with van der Waals surface area (Å²) >= 11 is 0. The number of amides is 1. The Morgan fingerprint density at radius 3 is 2.78 bits per heavy atom. The first-order valence-corrected chi connectivity index (χ1v) is 6.42. The van der Waals surface area contributed by atoms with Crippen LogP contribution in [0.25, 0.3) is 0 Å². The topological polar surface area (TPSA) is 50.4 Å². The molecule has 1 aromatic carbocycles. The lowest BCUT2D eigenvalue weighted by Gasteiger charge is -2.06. The summed E-state index contributed by atoms with van der Waals surface area (Å²) in [5, 5.41) is 5.81. The lowest BCUT2D eigenvalue weighted by molar-refractivity contribution is -0.120. The van der Waals surface area contributed by atoms with Crippen LogP contribution in [0, 0.1) is 0 Å². The van der Waals surface area contributed by atoms with Crippen molar-refractivity contribution < 1.29 is 9.53 Å². The summed E-state index contributed by atoms with van der Waals surface area (Å²) in [4.78, 5) is 11.2. The van der Waals surface area contributed by atoms with E-state index in [0.717, 1.165) is 13.0 Å². The maximum absolute atomic E-state index is 11.2. The minimum Gasteiger partial charge on any atom is -0.377 e. The average molecular weight is 250 g/mol. The summed E-state index contributed by atoms with van der Waals surface area (Å²) in [5.41, 5.74) is 1.17. The molecular weight excluding hydrogens is 228 g/mol. The van der Waals surface area contributed by atoms with Crippen molar-refractivity contribution in [3.8, 4) is 0 Å². The number of rotatable bonds is 9. The smallest absolute Gasteiger partial charge is 0.233 e. The van der Waals surface area contributed by atoms with E-state index in [4.69, 9.17) is 4.74 Å². The number of carbonyl (C=O) groups excluding carboxylic acids is 1. The van der Waals surface area contributed by atoms with Crippen molar-refractivity contribution in [1.29, 1.82) is 0 Å². The quantitative estimate of drug-likeness (QED) is 0.650. The van der Waals surface area contributed by atoms with Gasteiger partial charge in [0.2, 0.25) is 5.91 Å². The molecule has 0 aliphatic heterocycles. The van der Waals surface area contributed by atoms with Crippen molar-refractivity contribution in [3.63, 3.8) is 0 Å². The van der Waals surface area contributed by atoms with Gasteiger partial charge in [0.25, 0.3) is 0 Å². The molecule has 4 heteroatoms. The molecule has 0 bridgehead atoms.